The van der Waals surface area contributed by atoms with Crippen LogP contribution < -0.4 is 9.75 Å². The number of fused-ring (bicyclic) bond motifs is 7. The minimum absolute atomic E-state index is 0.448. The van der Waals surface area contributed by atoms with Gasteiger partial charge in [-0.05, 0) is 47.1 Å². The van der Waals surface area contributed by atoms with Crippen LogP contribution in [-0.4, -0.2) is 8.07 Å². The maximum absolute atomic E-state index is 8.32. The lowest BCUT2D eigenvalue weighted by Crippen LogP contribution is -2.46. The van der Waals surface area contributed by atoms with Crippen LogP contribution in [-0.2, 0) is 7.05 Å². The van der Waals surface area contributed by atoms with Crippen molar-refractivity contribution in [1.82, 2.24) is 0 Å². The molecular weight excluding hydrogens is 430 g/mol. The number of hydrogen-bond donors (Lipinski definition) is 0. The number of aryl methyl sites for hydroxylation is 3. The highest BCUT2D eigenvalue weighted by Crippen LogP contribution is 2.41. The lowest BCUT2D eigenvalue weighted by molar-refractivity contribution is -0.659. The summed E-state index contributed by atoms with van der Waals surface area (Å²) in [5.41, 5.74) is 4.95. The highest BCUT2D eigenvalue weighted by Gasteiger charge is 2.27. The molecule has 0 saturated carbocycles. The summed E-state index contributed by atoms with van der Waals surface area (Å²) >= 11 is 0. The molecule has 0 unspecified atom stereocenters. The fourth-order valence-electron chi connectivity index (χ4n) is 5.30. The number of hydrogen-bond acceptors (Lipinski definition) is 1. The minimum atomic E-state index is -2.19. The van der Waals surface area contributed by atoms with E-state index in [4.69, 9.17) is 8.53 Å². The zero-order valence-electron chi connectivity index (χ0n) is 23.3. The molecule has 0 N–H and O–H groups in total. The Hall–Kier alpha value is -3.43. The summed E-state index contributed by atoms with van der Waals surface area (Å²) in [5, 5.41) is 7.65. The van der Waals surface area contributed by atoms with E-state index in [-0.39, 0.29) is 0 Å². The molecule has 0 aliphatic heterocycles. The number of nitrogens with zero attached hydrogens (tertiary/aromatic N) is 1. The molecule has 3 heteroatoms. The molecule has 2 heterocycles. The minimum Gasteiger partial charge on any atom is -0.454 e. The Kier molecular flexibility index (Phi) is 3.85. The van der Waals surface area contributed by atoms with Gasteiger partial charge in [0.1, 0.15) is 18.2 Å². The van der Waals surface area contributed by atoms with Gasteiger partial charge in [-0.15, -0.1) is 0 Å². The standard InChI is InChI=1S/C31H30NOSi/c1-19-11-15-24-25-16-14-22-13-12-21-9-7-8-10-23(21)29(22)31(25)33-30(24)28(19)26-17-20(2)27(18-32(26)3)34(4,5)6/h7-18H,1-6H3/q+1/i2D3. The zero-order chi connectivity index (χ0) is 26.3. The molecule has 0 aliphatic carbocycles. The van der Waals surface area contributed by atoms with Crippen LogP contribution in [0.4, 0.5) is 0 Å². The van der Waals surface area contributed by atoms with Crippen molar-refractivity contribution in [1.29, 1.82) is 0 Å². The number of aromatic nitrogens is 1. The van der Waals surface area contributed by atoms with Crippen molar-refractivity contribution in [2.45, 2.75) is 33.4 Å². The average Bonchev–Trinajstić information content (AvgIpc) is 3.21. The molecule has 0 bridgehead atoms. The summed E-state index contributed by atoms with van der Waals surface area (Å²) in [5.74, 6) is 0. The molecule has 34 heavy (non-hydrogen) atoms. The van der Waals surface area contributed by atoms with Gasteiger partial charge < -0.3 is 4.42 Å². The number of rotatable bonds is 2. The SMILES string of the molecule is [2H]C([2H])([2H])c1cc(-c2c(C)ccc3c2oc2c3ccc3ccc4ccccc4c32)[n+](C)cc1[Si](C)(C)C. The van der Waals surface area contributed by atoms with Gasteiger partial charge in [0, 0.05) is 31.5 Å². The predicted molar refractivity (Wildman–Crippen MR) is 148 cm³/mol. The first-order valence-corrected chi connectivity index (χ1v) is 15.3. The van der Waals surface area contributed by atoms with Crippen molar-refractivity contribution in [2.24, 2.45) is 7.05 Å². The molecule has 0 radical (unpaired) electrons. The first-order valence-electron chi connectivity index (χ1n) is 13.3. The van der Waals surface area contributed by atoms with Crippen molar-refractivity contribution in [3.63, 3.8) is 0 Å². The Bertz CT molecular complexity index is 1880. The monoisotopic (exact) mass is 463 g/mol. The van der Waals surface area contributed by atoms with Crippen LogP contribution in [0, 0.1) is 13.8 Å². The second-order valence-electron chi connectivity index (χ2n) is 10.4. The summed E-state index contributed by atoms with van der Waals surface area (Å²) in [6.07, 6.45) is 2.03. The molecule has 0 amide bonds. The van der Waals surface area contributed by atoms with Gasteiger partial charge in [-0.3, -0.25) is 0 Å². The molecular formula is C31H30NOSi+. The van der Waals surface area contributed by atoms with Crippen LogP contribution in [0.1, 0.15) is 15.2 Å². The van der Waals surface area contributed by atoms with E-state index in [1.807, 2.05) is 19.3 Å². The third-order valence-corrected chi connectivity index (χ3v) is 9.08. The molecule has 6 rings (SSSR count). The van der Waals surface area contributed by atoms with Gasteiger partial charge in [0.15, 0.2) is 6.20 Å². The normalized spacial score (nSPS) is 14.1. The lowest BCUT2D eigenvalue weighted by Gasteiger charge is -2.18. The van der Waals surface area contributed by atoms with Crippen molar-refractivity contribution < 1.29 is 13.1 Å². The predicted octanol–water partition coefficient (Wildman–Crippen LogP) is 7.55. The van der Waals surface area contributed by atoms with Gasteiger partial charge in [-0.25, -0.2) is 4.57 Å². The number of benzene rings is 4. The molecule has 6 aromatic rings. The molecule has 0 aliphatic rings. The lowest BCUT2D eigenvalue weighted by atomic mass is 9.97. The van der Waals surface area contributed by atoms with Gasteiger partial charge >= 0.3 is 0 Å². The van der Waals surface area contributed by atoms with E-state index >= 15 is 0 Å². The molecule has 0 saturated heterocycles. The molecule has 0 atom stereocenters. The Morgan fingerprint density at radius 2 is 1.50 bits per heavy atom. The van der Waals surface area contributed by atoms with Gasteiger partial charge in [-0.2, -0.15) is 0 Å². The van der Waals surface area contributed by atoms with Crippen LogP contribution in [0.2, 0.25) is 19.6 Å². The molecule has 4 aromatic carbocycles. The molecule has 0 spiro atoms. The van der Waals surface area contributed by atoms with Crippen molar-refractivity contribution >= 4 is 56.7 Å². The van der Waals surface area contributed by atoms with Crippen molar-refractivity contribution in [3.8, 4) is 11.3 Å². The Morgan fingerprint density at radius 3 is 2.29 bits per heavy atom. The molecule has 2 aromatic heterocycles. The second kappa shape index (κ2) is 7.28. The highest BCUT2D eigenvalue weighted by molar-refractivity contribution is 6.88. The maximum atomic E-state index is 8.32. The van der Waals surface area contributed by atoms with Crippen LogP contribution in [0.3, 0.4) is 0 Å². The first-order chi connectivity index (χ1) is 17.4. The van der Waals surface area contributed by atoms with E-state index in [1.54, 1.807) is 0 Å². The molecule has 2 nitrogen and oxygen atoms in total. The number of furan rings is 1. The third kappa shape index (κ3) is 3.04. The van der Waals surface area contributed by atoms with Gasteiger partial charge in [0.05, 0.1) is 13.6 Å². The van der Waals surface area contributed by atoms with Gasteiger partial charge in [0.25, 0.3) is 0 Å². The fraction of sp³-hybridized carbons (Fsp3) is 0.194. The van der Waals surface area contributed by atoms with Crippen LogP contribution in [0.25, 0.3) is 54.7 Å². The quantitative estimate of drug-likeness (QED) is 0.147. The Morgan fingerprint density at radius 1 is 0.794 bits per heavy atom. The third-order valence-electron chi connectivity index (χ3n) is 7.06. The maximum Gasteiger partial charge on any atom is 0.216 e. The molecule has 0 fully saturated rings. The van der Waals surface area contributed by atoms with Crippen molar-refractivity contribution in [3.05, 3.63) is 84.1 Å². The fourth-order valence-corrected chi connectivity index (χ4v) is 6.76. The zero-order valence-corrected chi connectivity index (χ0v) is 21.3. The number of pyridine rings is 1. The van der Waals surface area contributed by atoms with E-state index in [1.165, 1.54) is 5.39 Å². The average molecular weight is 464 g/mol. The van der Waals surface area contributed by atoms with E-state index in [0.29, 0.717) is 5.56 Å². The first kappa shape index (κ1) is 18.0. The van der Waals surface area contributed by atoms with Gasteiger partial charge in [-0.1, -0.05) is 74.2 Å². The summed E-state index contributed by atoms with van der Waals surface area (Å²) < 4.78 is 33.8. The smallest absolute Gasteiger partial charge is 0.216 e. The summed E-state index contributed by atoms with van der Waals surface area (Å²) in [6, 6.07) is 23.1. The molecule has 168 valence electrons. The summed E-state index contributed by atoms with van der Waals surface area (Å²) in [4.78, 5) is 0. The van der Waals surface area contributed by atoms with Crippen LogP contribution in [0.5, 0.6) is 0 Å². The largest absolute Gasteiger partial charge is 0.454 e. The highest BCUT2D eigenvalue weighted by atomic mass is 28.3. The Balaban J connectivity index is 1.74. The summed E-state index contributed by atoms with van der Waals surface area (Å²) in [7, 11) is 0.109. The van der Waals surface area contributed by atoms with Gasteiger partial charge in [0.2, 0.25) is 5.69 Å². The summed E-state index contributed by atoms with van der Waals surface area (Å²) in [6.45, 7) is 6.45. The Labute approximate surface area is 205 Å². The van der Waals surface area contributed by atoms with Crippen LogP contribution >= 0.6 is 0 Å². The topological polar surface area (TPSA) is 17.0 Å². The van der Waals surface area contributed by atoms with E-state index in [0.717, 1.165) is 60.1 Å². The van der Waals surface area contributed by atoms with E-state index in [2.05, 4.69) is 91.8 Å². The second-order valence-corrected chi connectivity index (χ2v) is 15.4. The van der Waals surface area contributed by atoms with E-state index in [9.17, 15) is 0 Å². The van der Waals surface area contributed by atoms with Crippen molar-refractivity contribution in [2.75, 3.05) is 0 Å². The van der Waals surface area contributed by atoms with Crippen LogP contribution in [0.15, 0.2) is 77.3 Å². The van der Waals surface area contributed by atoms with E-state index < -0.39 is 14.9 Å².